The normalized spacial score (nSPS) is 19.2. The van der Waals surface area contributed by atoms with Gasteiger partial charge in [0.15, 0.2) is 0 Å². The zero-order chi connectivity index (χ0) is 13.8. The molecule has 1 atom stereocenters. The van der Waals surface area contributed by atoms with E-state index < -0.39 is 5.97 Å². The number of halogens is 1. The fourth-order valence-electron chi connectivity index (χ4n) is 2.44. The van der Waals surface area contributed by atoms with E-state index in [2.05, 4.69) is 15.9 Å². The van der Waals surface area contributed by atoms with Gasteiger partial charge >= 0.3 is 5.97 Å². The Bertz CT molecular complexity index is 472. The molecule has 1 aliphatic heterocycles. The van der Waals surface area contributed by atoms with Gasteiger partial charge in [0.2, 0.25) is 0 Å². The summed E-state index contributed by atoms with van der Waals surface area (Å²) in [7, 11) is 0. The molecule has 0 bridgehead atoms. The molecule has 19 heavy (non-hydrogen) atoms. The van der Waals surface area contributed by atoms with Gasteiger partial charge in [0.25, 0.3) is 5.91 Å². The second-order valence-corrected chi connectivity index (χ2v) is 5.67. The summed E-state index contributed by atoms with van der Waals surface area (Å²) in [5.74, 6) is -0.918. The predicted molar refractivity (Wildman–Crippen MR) is 75.1 cm³/mol. The molecule has 1 saturated heterocycles. The Morgan fingerprint density at radius 2 is 1.95 bits per heavy atom. The minimum Gasteiger partial charge on any atom is -0.481 e. The van der Waals surface area contributed by atoms with E-state index in [1.807, 2.05) is 12.1 Å². The zero-order valence-electron chi connectivity index (χ0n) is 10.5. The summed E-state index contributed by atoms with van der Waals surface area (Å²) in [5, 5.41) is 8.93. The Kier molecular flexibility index (Phi) is 4.58. The van der Waals surface area contributed by atoms with Crippen molar-refractivity contribution in [1.29, 1.82) is 0 Å². The molecule has 1 aromatic rings. The van der Waals surface area contributed by atoms with Crippen molar-refractivity contribution in [2.75, 3.05) is 6.54 Å². The van der Waals surface area contributed by atoms with Crippen molar-refractivity contribution in [2.45, 2.75) is 31.7 Å². The number of amides is 1. The number of carbonyl (C=O) groups is 2. The molecule has 1 fully saturated rings. The van der Waals surface area contributed by atoms with Crippen LogP contribution in [0.3, 0.4) is 0 Å². The van der Waals surface area contributed by atoms with Crippen LogP contribution in [0, 0.1) is 0 Å². The van der Waals surface area contributed by atoms with Crippen molar-refractivity contribution >= 4 is 27.8 Å². The zero-order valence-corrected chi connectivity index (χ0v) is 12.1. The second kappa shape index (κ2) is 6.19. The molecule has 102 valence electrons. The van der Waals surface area contributed by atoms with Gasteiger partial charge in [0.05, 0.1) is 6.42 Å². The third-order valence-corrected chi connectivity index (χ3v) is 3.92. The maximum absolute atomic E-state index is 12.4. The lowest BCUT2D eigenvalue weighted by atomic mass is 9.98. The molecule has 1 heterocycles. The lowest BCUT2D eigenvalue weighted by molar-refractivity contribution is -0.138. The van der Waals surface area contributed by atoms with Crippen LogP contribution in [-0.4, -0.2) is 34.5 Å². The van der Waals surface area contributed by atoms with E-state index in [1.54, 1.807) is 17.0 Å². The van der Waals surface area contributed by atoms with Crippen LogP contribution in [-0.2, 0) is 4.79 Å². The number of aliphatic carboxylic acids is 1. The highest BCUT2D eigenvalue weighted by Gasteiger charge is 2.28. The van der Waals surface area contributed by atoms with Gasteiger partial charge in [-0.25, -0.2) is 0 Å². The van der Waals surface area contributed by atoms with E-state index in [0.29, 0.717) is 12.1 Å². The first-order valence-electron chi connectivity index (χ1n) is 6.36. The number of benzene rings is 1. The highest BCUT2D eigenvalue weighted by Crippen LogP contribution is 2.22. The topological polar surface area (TPSA) is 57.6 Å². The van der Waals surface area contributed by atoms with Crippen LogP contribution in [0.1, 0.15) is 36.0 Å². The van der Waals surface area contributed by atoms with Gasteiger partial charge in [-0.2, -0.15) is 0 Å². The molecule has 1 N–H and O–H groups in total. The summed E-state index contributed by atoms with van der Waals surface area (Å²) in [5.41, 5.74) is 0.612. The van der Waals surface area contributed by atoms with Crippen molar-refractivity contribution in [2.24, 2.45) is 0 Å². The number of rotatable bonds is 3. The number of carboxylic acids is 1. The molecule has 1 unspecified atom stereocenters. The number of likely N-dealkylation sites (tertiary alicyclic amines) is 1. The quantitative estimate of drug-likeness (QED) is 0.929. The Balaban J connectivity index is 2.15. The third-order valence-electron chi connectivity index (χ3n) is 3.39. The first-order chi connectivity index (χ1) is 9.08. The molecular weight excluding hydrogens is 310 g/mol. The summed E-state index contributed by atoms with van der Waals surface area (Å²) >= 11 is 3.33. The average molecular weight is 326 g/mol. The van der Waals surface area contributed by atoms with Crippen LogP contribution in [0.4, 0.5) is 0 Å². The van der Waals surface area contributed by atoms with Crippen LogP contribution >= 0.6 is 15.9 Å². The fraction of sp³-hybridized carbons (Fsp3) is 0.429. The average Bonchev–Trinajstić information content (AvgIpc) is 2.39. The van der Waals surface area contributed by atoms with Gasteiger partial charge < -0.3 is 10.0 Å². The largest absolute Gasteiger partial charge is 0.481 e. The maximum Gasteiger partial charge on any atom is 0.305 e. The van der Waals surface area contributed by atoms with Gasteiger partial charge in [-0.05, 0) is 43.5 Å². The standard InChI is InChI=1S/C14H16BrNO3/c15-11-6-4-10(5-7-11)14(19)16-8-2-1-3-12(16)9-13(17)18/h4-7,12H,1-3,8-9H2,(H,17,18). The number of carbonyl (C=O) groups excluding carboxylic acids is 1. The van der Waals surface area contributed by atoms with Gasteiger partial charge in [-0.1, -0.05) is 15.9 Å². The number of piperidine rings is 1. The molecule has 1 aromatic carbocycles. The summed E-state index contributed by atoms with van der Waals surface area (Å²) in [6, 6.07) is 6.99. The molecule has 0 radical (unpaired) electrons. The lowest BCUT2D eigenvalue weighted by Gasteiger charge is -2.35. The molecule has 0 saturated carbocycles. The van der Waals surface area contributed by atoms with Crippen LogP contribution in [0.15, 0.2) is 28.7 Å². The van der Waals surface area contributed by atoms with E-state index in [4.69, 9.17) is 5.11 Å². The van der Waals surface area contributed by atoms with Crippen molar-refractivity contribution in [1.82, 2.24) is 4.90 Å². The molecular formula is C14H16BrNO3. The summed E-state index contributed by atoms with van der Waals surface area (Å²) in [4.78, 5) is 25.0. The van der Waals surface area contributed by atoms with Crippen molar-refractivity contribution in [3.05, 3.63) is 34.3 Å². The smallest absolute Gasteiger partial charge is 0.305 e. The summed E-state index contributed by atoms with van der Waals surface area (Å²) in [6.07, 6.45) is 2.73. The van der Waals surface area contributed by atoms with E-state index >= 15 is 0 Å². The number of carboxylic acid groups (broad SMARTS) is 1. The first-order valence-corrected chi connectivity index (χ1v) is 7.15. The second-order valence-electron chi connectivity index (χ2n) is 4.75. The van der Waals surface area contributed by atoms with Crippen LogP contribution in [0.25, 0.3) is 0 Å². The molecule has 1 amide bonds. The van der Waals surface area contributed by atoms with E-state index in [1.165, 1.54) is 0 Å². The molecule has 0 spiro atoms. The maximum atomic E-state index is 12.4. The van der Waals surface area contributed by atoms with Gasteiger partial charge in [0, 0.05) is 22.6 Å². The van der Waals surface area contributed by atoms with Crippen molar-refractivity contribution in [3.63, 3.8) is 0 Å². The number of hydrogen-bond donors (Lipinski definition) is 1. The summed E-state index contributed by atoms with van der Waals surface area (Å²) < 4.78 is 0.921. The van der Waals surface area contributed by atoms with Crippen LogP contribution in [0.2, 0.25) is 0 Å². The Labute approximate surface area is 120 Å². The van der Waals surface area contributed by atoms with Gasteiger partial charge in [0.1, 0.15) is 0 Å². The Hall–Kier alpha value is -1.36. The van der Waals surface area contributed by atoms with E-state index in [9.17, 15) is 9.59 Å². The third kappa shape index (κ3) is 3.56. The lowest BCUT2D eigenvalue weighted by Crippen LogP contribution is -2.44. The predicted octanol–water partition coefficient (Wildman–Crippen LogP) is 2.92. The minimum absolute atomic E-state index is 0.0300. The van der Waals surface area contributed by atoms with E-state index in [0.717, 1.165) is 23.7 Å². The Morgan fingerprint density at radius 3 is 2.58 bits per heavy atom. The van der Waals surface area contributed by atoms with Crippen molar-refractivity contribution < 1.29 is 14.7 Å². The van der Waals surface area contributed by atoms with Crippen molar-refractivity contribution in [3.8, 4) is 0 Å². The van der Waals surface area contributed by atoms with Gasteiger partial charge in [-0.3, -0.25) is 9.59 Å². The van der Waals surface area contributed by atoms with Crippen LogP contribution < -0.4 is 0 Å². The SMILES string of the molecule is O=C(O)CC1CCCCN1C(=O)c1ccc(Br)cc1. The molecule has 5 heteroatoms. The van der Waals surface area contributed by atoms with Gasteiger partial charge in [-0.15, -0.1) is 0 Å². The van der Waals surface area contributed by atoms with Crippen LogP contribution in [0.5, 0.6) is 0 Å². The molecule has 2 rings (SSSR count). The molecule has 1 aliphatic rings. The highest BCUT2D eigenvalue weighted by atomic mass is 79.9. The van der Waals surface area contributed by atoms with E-state index in [-0.39, 0.29) is 18.4 Å². The highest BCUT2D eigenvalue weighted by molar-refractivity contribution is 9.10. The summed E-state index contributed by atoms with van der Waals surface area (Å²) in [6.45, 7) is 0.646. The minimum atomic E-state index is -0.847. The molecule has 0 aromatic heterocycles. The number of hydrogen-bond acceptors (Lipinski definition) is 2. The monoisotopic (exact) mass is 325 g/mol. The number of nitrogens with zero attached hydrogens (tertiary/aromatic N) is 1. The fourth-order valence-corrected chi connectivity index (χ4v) is 2.70. The Morgan fingerprint density at radius 1 is 1.26 bits per heavy atom. The first kappa shape index (κ1) is 14.1. The molecule has 0 aliphatic carbocycles. The molecule has 4 nitrogen and oxygen atoms in total.